The predicted molar refractivity (Wildman–Crippen MR) is 63.3 cm³/mol. The highest BCUT2D eigenvalue weighted by Crippen LogP contribution is 2.28. The molecule has 1 aromatic rings. The Labute approximate surface area is 91.8 Å². The highest BCUT2D eigenvalue weighted by molar-refractivity contribution is 5.76. The molecule has 2 rings (SSSR count). The van der Waals surface area contributed by atoms with Crippen molar-refractivity contribution in [2.75, 3.05) is 14.1 Å². The molecule has 1 aliphatic rings. The van der Waals surface area contributed by atoms with Gasteiger partial charge in [0.1, 0.15) is 6.04 Å². The van der Waals surface area contributed by atoms with E-state index >= 15 is 0 Å². The molecule has 0 aliphatic carbocycles. The molecule has 0 bridgehead atoms. The van der Waals surface area contributed by atoms with Gasteiger partial charge in [-0.05, 0) is 6.92 Å². The first kappa shape index (κ1) is 10.2. The Balaban J connectivity index is 2.40. The largest absolute Gasteiger partial charge is 0.262 e. The minimum absolute atomic E-state index is 0.483. The lowest BCUT2D eigenvalue weighted by molar-refractivity contribution is -0.537. The first-order valence-corrected chi connectivity index (χ1v) is 5.47. The third-order valence-corrected chi connectivity index (χ3v) is 3.65. The number of hydrogen-bond donors (Lipinski definition) is 0. The maximum Gasteiger partial charge on any atom is 0.244 e. The second kappa shape index (κ2) is 3.69. The van der Waals surface area contributed by atoms with E-state index in [1.807, 2.05) is 0 Å². The molecule has 1 aromatic carbocycles. The van der Waals surface area contributed by atoms with Crippen LogP contribution < -0.4 is 0 Å². The van der Waals surface area contributed by atoms with Crippen LogP contribution in [0.5, 0.6) is 0 Å². The number of benzene rings is 1. The molecule has 80 valence electrons. The minimum atomic E-state index is 0.483. The fourth-order valence-electron chi connectivity index (χ4n) is 2.43. The molecule has 0 amide bonds. The van der Waals surface area contributed by atoms with Gasteiger partial charge in [-0.25, -0.2) is 0 Å². The van der Waals surface area contributed by atoms with Crippen LogP contribution in [0.3, 0.4) is 0 Å². The van der Waals surface area contributed by atoms with Gasteiger partial charge in [-0.2, -0.15) is 0 Å². The monoisotopic (exact) mass is 203 g/mol. The third-order valence-electron chi connectivity index (χ3n) is 3.65. The molecular weight excluding hydrogens is 184 g/mol. The van der Waals surface area contributed by atoms with Gasteiger partial charge in [0.2, 0.25) is 5.84 Å². The van der Waals surface area contributed by atoms with E-state index in [4.69, 9.17) is 0 Å². The molecule has 0 fully saturated rings. The summed E-state index contributed by atoms with van der Waals surface area (Å²) in [6.07, 6.45) is 0. The zero-order valence-corrected chi connectivity index (χ0v) is 9.94. The smallest absolute Gasteiger partial charge is 0.244 e. The maximum atomic E-state index is 2.36. The van der Waals surface area contributed by atoms with E-state index in [2.05, 4.69) is 67.8 Å². The van der Waals surface area contributed by atoms with Crippen LogP contribution in [0.1, 0.15) is 25.5 Å². The van der Waals surface area contributed by atoms with Crippen LogP contribution in [-0.2, 0) is 0 Å². The van der Waals surface area contributed by atoms with E-state index in [0.717, 1.165) is 0 Å². The third kappa shape index (κ3) is 1.54. The van der Waals surface area contributed by atoms with Crippen molar-refractivity contribution in [3.8, 4) is 0 Å². The summed E-state index contributed by atoms with van der Waals surface area (Å²) in [4.78, 5) is 2.34. The lowest BCUT2D eigenvalue weighted by atomic mass is 10.0. The van der Waals surface area contributed by atoms with Crippen LogP contribution in [0, 0.1) is 0 Å². The molecule has 2 heteroatoms. The number of hydrogen-bond acceptors (Lipinski definition) is 1. The van der Waals surface area contributed by atoms with Gasteiger partial charge < -0.3 is 0 Å². The maximum absolute atomic E-state index is 2.36. The summed E-state index contributed by atoms with van der Waals surface area (Å²) in [5.41, 5.74) is 1.40. The highest BCUT2D eigenvalue weighted by Gasteiger charge is 2.39. The predicted octanol–water partition coefficient (Wildman–Crippen LogP) is 2.12. The first-order valence-electron chi connectivity index (χ1n) is 5.47. The Morgan fingerprint density at radius 1 is 1.20 bits per heavy atom. The van der Waals surface area contributed by atoms with Crippen molar-refractivity contribution in [2.45, 2.75) is 25.9 Å². The summed E-state index contributed by atoms with van der Waals surface area (Å²) < 4.78 is 2.36. The zero-order valence-electron chi connectivity index (χ0n) is 9.94. The van der Waals surface area contributed by atoms with Crippen molar-refractivity contribution < 1.29 is 4.58 Å². The second-order valence-electron chi connectivity index (χ2n) is 4.37. The SMILES string of the molecule is CC1=[N+](C)[C@@H](c2ccccc2)[C@@H](C)N1C. The van der Waals surface area contributed by atoms with E-state index in [9.17, 15) is 0 Å². The minimum Gasteiger partial charge on any atom is -0.262 e. The van der Waals surface area contributed by atoms with Gasteiger partial charge in [0.05, 0.1) is 14.1 Å². The molecule has 1 heterocycles. The number of likely N-dealkylation sites (N-methyl/N-ethyl adjacent to an activating group) is 2. The fourth-order valence-corrected chi connectivity index (χ4v) is 2.43. The normalized spacial score (nSPS) is 26.3. The van der Waals surface area contributed by atoms with Gasteiger partial charge >= 0.3 is 0 Å². The van der Waals surface area contributed by atoms with Gasteiger partial charge in [0.25, 0.3) is 0 Å². The standard InChI is InChI=1S/C13H19N2/c1-10-13(12-8-6-5-7-9-12)15(4)11(2)14(10)3/h5-10,13H,1-4H3/q+1/t10-,13-/m1/s1. The van der Waals surface area contributed by atoms with Crippen LogP contribution in [0.15, 0.2) is 30.3 Å². The van der Waals surface area contributed by atoms with Crippen LogP contribution in [-0.4, -0.2) is 35.4 Å². The fraction of sp³-hybridized carbons (Fsp3) is 0.462. The van der Waals surface area contributed by atoms with Crippen molar-refractivity contribution in [3.63, 3.8) is 0 Å². The summed E-state index contributed by atoms with van der Waals surface area (Å²) in [6, 6.07) is 11.7. The van der Waals surface area contributed by atoms with E-state index in [1.54, 1.807) is 0 Å². The molecule has 0 saturated heterocycles. The lowest BCUT2D eigenvalue weighted by Gasteiger charge is -2.16. The summed E-state index contributed by atoms with van der Waals surface area (Å²) in [5.74, 6) is 1.34. The zero-order chi connectivity index (χ0) is 11.0. The number of nitrogens with zero attached hydrogens (tertiary/aromatic N) is 2. The Hall–Kier alpha value is -1.31. The van der Waals surface area contributed by atoms with Crippen molar-refractivity contribution in [3.05, 3.63) is 35.9 Å². The van der Waals surface area contributed by atoms with Gasteiger partial charge in [-0.15, -0.1) is 0 Å². The molecule has 0 unspecified atom stereocenters. The quantitative estimate of drug-likeness (QED) is 0.634. The molecule has 0 spiro atoms. The summed E-state index contributed by atoms with van der Waals surface area (Å²) >= 11 is 0. The molecule has 15 heavy (non-hydrogen) atoms. The van der Waals surface area contributed by atoms with Crippen LogP contribution in [0.4, 0.5) is 0 Å². The molecule has 0 aromatic heterocycles. The molecule has 2 nitrogen and oxygen atoms in total. The van der Waals surface area contributed by atoms with Crippen LogP contribution in [0.25, 0.3) is 0 Å². The van der Waals surface area contributed by atoms with Crippen molar-refractivity contribution in [1.82, 2.24) is 4.90 Å². The number of rotatable bonds is 1. The lowest BCUT2D eigenvalue weighted by Crippen LogP contribution is -2.29. The molecule has 0 saturated carbocycles. The van der Waals surface area contributed by atoms with E-state index in [-0.39, 0.29) is 0 Å². The van der Waals surface area contributed by atoms with E-state index in [0.29, 0.717) is 12.1 Å². The summed E-state index contributed by atoms with van der Waals surface area (Å²) in [6.45, 7) is 4.46. The van der Waals surface area contributed by atoms with Crippen LogP contribution in [0.2, 0.25) is 0 Å². The van der Waals surface area contributed by atoms with E-state index < -0.39 is 0 Å². The molecule has 2 atom stereocenters. The van der Waals surface area contributed by atoms with Crippen molar-refractivity contribution in [2.24, 2.45) is 0 Å². The van der Waals surface area contributed by atoms with E-state index in [1.165, 1.54) is 11.4 Å². The van der Waals surface area contributed by atoms with Gasteiger partial charge in [0.15, 0.2) is 6.04 Å². The van der Waals surface area contributed by atoms with Gasteiger partial charge in [-0.3, -0.25) is 9.48 Å². The average Bonchev–Trinajstić information content (AvgIpc) is 2.45. The molecule has 1 aliphatic heterocycles. The Bertz CT molecular complexity index is 381. The number of amidine groups is 1. The summed E-state index contributed by atoms with van der Waals surface area (Å²) in [7, 11) is 4.34. The molecular formula is C13H19N2+. The topological polar surface area (TPSA) is 6.25 Å². The van der Waals surface area contributed by atoms with Crippen LogP contribution >= 0.6 is 0 Å². The summed E-state index contributed by atoms with van der Waals surface area (Å²) in [5, 5.41) is 0. The Kier molecular flexibility index (Phi) is 2.51. The molecule has 0 radical (unpaired) electrons. The average molecular weight is 203 g/mol. The van der Waals surface area contributed by atoms with Crippen molar-refractivity contribution >= 4 is 5.84 Å². The molecule has 0 N–H and O–H groups in total. The van der Waals surface area contributed by atoms with Gasteiger partial charge in [-0.1, -0.05) is 30.3 Å². The Morgan fingerprint density at radius 3 is 2.27 bits per heavy atom. The van der Waals surface area contributed by atoms with Gasteiger partial charge in [0, 0.05) is 12.5 Å². The highest BCUT2D eigenvalue weighted by atomic mass is 15.3. The van der Waals surface area contributed by atoms with Crippen molar-refractivity contribution in [1.29, 1.82) is 0 Å². The second-order valence-corrected chi connectivity index (χ2v) is 4.37. The Morgan fingerprint density at radius 2 is 1.80 bits per heavy atom. The first-order chi connectivity index (χ1) is 7.13.